The molecule has 120 valence electrons. The van der Waals surface area contributed by atoms with Crippen LogP contribution in [0.4, 0.5) is 5.69 Å². The van der Waals surface area contributed by atoms with Crippen LogP contribution in [-0.2, 0) is 19.5 Å². The van der Waals surface area contributed by atoms with Gasteiger partial charge in [0.1, 0.15) is 0 Å². The average Bonchev–Trinajstić information content (AvgIpc) is 2.46. The minimum atomic E-state index is -3.36. The molecule has 0 atom stereocenters. The molecule has 1 N–H and O–H groups in total. The van der Waals surface area contributed by atoms with E-state index in [4.69, 9.17) is 9.47 Å². The number of benzene rings is 1. The fourth-order valence-corrected chi connectivity index (χ4v) is 2.51. The molecule has 0 radical (unpaired) electrons. The molecular weight excluding hydrogens is 292 g/mol. The topological polar surface area (TPSA) is 67.9 Å². The number of sulfonamides is 1. The van der Waals surface area contributed by atoms with E-state index in [1.54, 1.807) is 31.4 Å². The fraction of sp³-hybridized carbons (Fsp3) is 0.571. The number of methoxy groups -OCH3 is 1. The highest BCUT2D eigenvalue weighted by molar-refractivity contribution is 7.89. The number of ether oxygens (including phenoxy) is 2. The molecule has 21 heavy (non-hydrogen) atoms. The van der Waals surface area contributed by atoms with Gasteiger partial charge in [0.05, 0.1) is 18.1 Å². The number of nitrogens with zero attached hydrogens (tertiary/aromatic N) is 1. The van der Waals surface area contributed by atoms with Gasteiger partial charge in [-0.1, -0.05) is 0 Å². The lowest BCUT2D eigenvalue weighted by Crippen LogP contribution is -2.22. The lowest BCUT2D eigenvalue weighted by atomic mass is 10.3. The summed E-state index contributed by atoms with van der Waals surface area (Å²) in [5, 5.41) is 3.22. The number of hydrogen-bond acceptors (Lipinski definition) is 5. The van der Waals surface area contributed by atoms with Gasteiger partial charge < -0.3 is 14.8 Å². The average molecular weight is 316 g/mol. The van der Waals surface area contributed by atoms with Gasteiger partial charge in [-0.05, 0) is 30.7 Å². The smallest absolute Gasteiger partial charge is 0.242 e. The number of hydrogen-bond donors (Lipinski definition) is 1. The van der Waals surface area contributed by atoms with Crippen molar-refractivity contribution in [3.63, 3.8) is 0 Å². The molecule has 0 saturated carbocycles. The molecule has 0 spiro atoms. The van der Waals surface area contributed by atoms with E-state index in [1.165, 1.54) is 18.4 Å². The Morgan fingerprint density at radius 1 is 1.10 bits per heavy atom. The van der Waals surface area contributed by atoms with Gasteiger partial charge in [0.15, 0.2) is 0 Å². The summed E-state index contributed by atoms with van der Waals surface area (Å²) < 4.78 is 35.2. The summed E-state index contributed by atoms with van der Waals surface area (Å²) in [6.45, 7) is 2.65. The molecule has 0 unspecified atom stereocenters. The van der Waals surface area contributed by atoms with Crippen LogP contribution < -0.4 is 5.32 Å². The molecule has 1 aromatic carbocycles. The third-order valence-electron chi connectivity index (χ3n) is 2.86. The van der Waals surface area contributed by atoms with Crippen LogP contribution in [0.3, 0.4) is 0 Å². The maximum absolute atomic E-state index is 11.9. The van der Waals surface area contributed by atoms with Gasteiger partial charge in [-0.3, -0.25) is 0 Å². The molecule has 0 aromatic heterocycles. The summed E-state index contributed by atoms with van der Waals surface area (Å²) in [4.78, 5) is 0.293. The first kappa shape index (κ1) is 17.9. The Kier molecular flexibility index (Phi) is 7.66. The van der Waals surface area contributed by atoms with E-state index in [-0.39, 0.29) is 0 Å². The van der Waals surface area contributed by atoms with Crippen molar-refractivity contribution in [2.24, 2.45) is 0 Å². The van der Waals surface area contributed by atoms with Crippen LogP contribution in [0.2, 0.25) is 0 Å². The second kappa shape index (κ2) is 8.99. The summed E-state index contributed by atoms with van der Waals surface area (Å²) in [6.07, 6.45) is 0.876. The first-order valence-electron chi connectivity index (χ1n) is 6.81. The van der Waals surface area contributed by atoms with Crippen LogP contribution in [0.15, 0.2) is 29.2 Å². The monoisotopic (exact) mass is 316 g/mol. The lowest BCUT2D eigenvalue weighted by molar-refractivity contribution is 0.0705. The largest absolute Gasteiger partial charge is 0.385 e. The zero-order valence-corrected chi connectivity index (χ0v) is 13.6. The molecule has 0 aliphatic heterocycles. The highest BCUT2D eigenvalue weighted by Gasteiger charge is 2.16. The Bertz CT molecular complexity index is 500. The number of rotatable bonds is 10. The molecule has 7 heteroatoms. The van der Waals surface area contributed by atoms with Crippen molar-refractivity contribution in [1.29, 1.82) is 0 Å². The molecule has 6 nitrogen and oxygen atoms in total. The molecule has 0 fully saturated rings. The van der Waals surface area contributed by atoms with E-state index in [9.17, 15) is 8.42 Å². The number of nitrogens with one attached hydrogen (secondary N) is 1. The van der Waals surface area contributed by atoms with Gasteiger partial charge in [-0.15, -0.1) is 0 Å². The predicted octanol–water partition coefficient (Wildman–Crippen LogP) is 1.40. The van der Waals surface area contributed by atoms with Crippen molar-refractivity contribution in [3.8, 4) is 0 Å². The summed E-state index contributed by atoms with van der Waals surface area (Å²) in [5.74, 6) is 0. The molecule has 1 rings (SSSR count). The maximum Gasteiger partial charge on any atom is 0.242 e. The van der Waals surface area contributed by atoms with Crippen molar-refractivity contribution >= 4 is 15.7 Å². The van der Waals surface area contributed by atoms with Crippen molar-refractivity contribution in [2.45, 2.75) is 11.3 Å². The van der Waals surface area contributed by atoms with E-state index < -0.39 is 10.0 Å². The van der Waals surface area contributed by atoms with E-state index in [0.717, 1.165) is 18.7 Å². The first-order valence-corrected chi connectivity index (χ1v) is 8.25. The highest BCUT2D eigenvalue weighted by atomic mass is 32.2. The van der Waals surface area contributed by atoms with Crippen molar-refractivity contribution in [1.82, 2.24) is 4.31 Å². The van der Waals surface area contributed by atoms with Crippen LogP contribution in [0.5, 0.6) is 0 Å². The SMILES string of the molecule is COCCOCCCNc1ccc(S(=O)(=O)N(C)C)cc1. The van der Waals surface area contributed by atoms with Gasteiger partial charge in [0.25, 0.3) is 0 Å². The van der Waals surface area contributed by atoms with Crippen molar-refractivity contribution < 1.29 is 17.9 Å². The first-order chi connectivity index (χ1) is 9.98. The number of anilines is 1. The Morgan fingerprint density at radius 3 is 2.33 bits per heavy atom. The minimum absolute atomic E-state index is 0.293. The van der Waals surface area contributed by atoms with E-state index in [2.05, 4.69) is 5.32 Å². The second-order valence-electron chi connectivity index (χ2n) is 4.70. The lowest BCUT2D eigenvalue weighted by Gasteiger charge is -2.12. The van der Waals surface area contributed by atoms with E-state index in [1.807, 2.05) is 0 Å². The molecule has 0 aliphatic carbocycles. The van der Waals surface area contributed by atoms with Gasteiger partial charge in [0.2, 0.25) is 10.0 Å². The van der Waals surface area contributed by atoms with Crippen LogP contribution in [0.1, 0.15) is 6.42 Å². The normalized spacial score (nSPS) is 11.8. The van der Waals surface area contributed by atoms with E-state index in [0.29, 0.717) is 24.7 Å². The van der Waals surface area contributed by atoms with Gasteiger partial charge in [0, 0.05) is 40.0 Å². The van der Waals surface area contributed by atoms with Crippen molar-refractivity contribution in [2.75, 3.05) is 52.9 Å². The van der Waals surface area contributed by atoms with Crippen molar-refractivity contribution in [3.05, 3.63) is 24.3 Å². The van der Waals surface area contributed by atoms with Crippen LogP contribution in [0.25, 0.3) is 0 Å². The standard InChI is InChI=1S/C14H24N2O4S/c1-16(2)21(17,18)14-7-5-13(6-8-14)15-9-4-10-20-12-11-19-3/h5-8,15H,4,9-12H2,1-3H3. The molecule has 0 bridgehead atoms. The van der Waals surface area contributed by atoms with Crippen LogP contribution in [-0.4, -0.2) is 60.3 Å². The molecule has 0 saturated heterocycles. The van der Waals surface area contributed by atoms with Gasteiger partial charge in [-0.25, -0.2) is 12.7 Å². The van der Waals surface area contributed by atoms with Gasteiger partial charge in [-0.2, -0.15) is 0 Å². The van der Waals surface area contributed by atoms with Gasteiger partial charge >= 0.3 is 0 Å². The summed E-state index contributed by atoms with van der Waals surface area (Å²) in [7, 11) is 1.32. The third-order valence-corrected chi connectivity index (χ3v) is 4.69. The quantitative estimate of drug-likeness (QED) is 0.661. The zero-order valence-electron chi connectivity index (χ0n) is 12.8. The molecule has 0 amide bonds. The second-order valence-corrected chi connectivity index (χ2v) is 6.85. The Labute approximate surface area is 127 Å². The maximum atomic E-state index is 11.9. The summed E-state index contributed by atoms with van der Waals surface area (Å²) in [6, 6.07) is 6.74. The summed E-state index contributed by atoms with van der Waals surface area (Å²) in [5.41, 5.74) is 0.893. The minimum Gasteiger partial charge on any atom is -0.385 e. The molecule has 0 aliphatic rings. The van der Waals surface area contributed by atoms with Crippen LogP contribution in [0, 0.1) is 0 Å². The van der Waals surface area contributed by atoms with E-state index >= 15 is 0 Å². The third kappa shape index (κ3) is 6.01. The molecule has 1 aromatic rings. The Balaban J connectivity index is 2.35. The van der Waals surface area contributed by atoms with Crippen LogP contribution >= 0.6 is 0 Å². The molecular formula is C14H24N2O4S. The highest BCUT2D eigenvalue weighted by Crippen LogP contribution is 2.16. The summed E-state index contributed by atoms with van der Waals surface area (Å²) >= 11 is 0. The predicted molar refractivity (Wildman–Crippen MR) is 83.1 cm³/mol. The Morgan fingerprint density at radius 2 is 1.76 bits per heavy atom. The zero-order chi connectivity index (χ0) is 15.7. The Hall–Kier alpha value is -1.15. The molecule has 0 heterocycles. The fourth-order valence-electron chi connectivity index (χ4n) is 1.61.